The molecular formula is C16H16O4. The summed E-state index contributed by atoms with van der Waals surface area (Å²) in [6.45, 7) is 0. The van der Waals surface area contributed by atoms with Gasteiger partial charge in [0.15, 0.2) is 6.10 Å². The molecule has 0 radical (unpaired) electrons. The lowest BCUT2D eigenvalue weighted by atomic mass is 9.94. The smallest absolute Gasteiger partial charge is 0.337 e. The van der Waals surface area contributed by atoms with Gasteiger partial charge in [-0.1, -0.05) is 54.6 Å². The molecule has 0 spiro atoms. The van der Waals surface area contributed by atoms with Crippen molar-refractivity contribution in [2.24, 2.45) is 0 Å². The van der Waals surface area contributed by atoms with Crippen molar-refractivity contribution in [3.05, 3.63) is 60.2 Å². The quantitative estimate of drug-likeness (QED) is 0.834. The van der Waals surface area contributed by atoms with Crippen LogP contribution in [-0.4, -0.2) is 29.4 Å². The molecule has 2 N–H and O–H groups in total. The fraction of sp³-hybridized carbons (Fsp3) is 0.188. The minimum atomic E-state index is -1.61. The fourth-order valence-corrected chi connectivity index (χ4v) is 2.06. The summed E-state index contributed by atoms with van der Waals surface area (Å²) < 4.78 is 4.45. The van der Waals surface area contributed by atoms with Gasteiger partial charge in [0.05, 0.1) is 7.11 Å². The lowest BCUT2D eigenvalue weighted by molar-refractivity contribution is -0.156. The van der Waals surface area contributed by atoms with Crippen LogP contribution in [-0.2, 0) is 9.53 Å². The van der Waals surface area contributed by atoms with Crippen LogP contribution < -0.4 is 0 Å². The van der Waals surface area contributed by atoms with E-state index in [1.165, 1.54) is 7.11 Å². The molecule has 0 aromatic heterocycles. The summed E-state index contributed by atoms with van der Waals surface area (Å²) in [4.78, 5) is 11.3. The average Bonchev–Trinajstić information content (AvgIpc) is 2.53. The minimum absolute atomic E-state index is 0.483. The van der Waals surface area contributed by atoms with E-state index < -0.39 is 18.2 Å². The zero-order valence-corrected chi connectivity index (χ0v) is 11.1. The van der Waals surface area contributed by atoms with E-state index in [0.29, 0.717) is 5.56 Å². The van der Waals surface area contributed by atoms with Gasteiger partial charge in [-0.05, 0) is 16.7 Å². The van der Waals surface area contributed by atoms with Gasteiger partial charge in [-0.2, -0.15) is 0 Å². The number of carbonyl (C=O) groups is 1. The third-order valence-corrected chi connectivity index (χ3v) is 3.11. The first kappa shape index (κ1) is 14.2. The Morgan fingerprint density at radius 1 is 1.00 bits per heavy atom. The van der Waals surface area contributed by atoms with Gasteiger partial charge in [-0.25, -0.2) is 4.79 Å². The molecule has 0 amide bonds. The standard InChI is InChI=1S/C16H16O4/c1-20-16(19)15(18)14(17)13-10-6-5-9-12(13)11-7-3-2-4-8-11/h2-10,14-15,17-18H,1H3. The van der Waals surface area contributed by atoms with Crippen molar-refractivity contribution in [3.63, 3.8) is 0 Å². The molecule has 0 aliphatic heterocycles. The largest absolute Gasteiger partial charge is 0.467 e. The van der Waals surface area contributed by atoms with E-state index in [1.807, 2.05) is 42.5 Å². The van der Waals surface area contributed by atoms with Crippen LogP contribution in [0.25, 0.3) is 11.1 Å². The molecular weight excluding hydrogens is 256 g/mol. The van der Waals surface area contributed by atoms with Crippen molar-refractivity contribution < 1.29 is 19.7 Å². The van der Waals surface area contributed by atoms with Crippen LogP contribution in [0.1, 0.15) is 11.7 Å². The summed E-state index contributed by atoms with van der Waals surface area (Å²) in [5, 5.41) is 20.0. The summed E-state index contributed by atoms with van der Waals surface area (Å²) in [5.74, 6) is -0.861. The second-order valence-electron chi connectivity index (χ2n) is 4.37. The van der Waals surface area contributed by atoms with Crippen molar-refractivity contribution in [2.45, 2.75) is 12.2 Å². The maximum absolute atomic E-state index is 11.3. The number of ether oxygens (including phenoxy) is 1. The Balaban J connectivity index is 2.40. The molecule has 4 nitrogen and oxygen atoms in total. The van der Waals surface area contributed by atoms with E-state index in [9.17, 15) is 15.0 Å². The molecule has 0 aliphatic carbocycles. The van der Waals surface area contributed by atoms with Crippen molar-refractivity contribution in [1.29, 1.82) is 0 Å². The van der Waals surface area contributed by atoms with Gasteiger partial charge in [-0.15, -0.1) is 0 Å². The summed E-state index contributed by atoms with van der Waals surface area (Å²) in [7, 11) is 1.17. The highest BCUT2D eigenvalue weighted by Crippen LogP contribution is 2.29. The van der Waals surface area contributed by atoms with Gasteiger partial charge in [0.1, 0.15) is 6.10 Å². The number of rotatable bonds is 4. The average molecular weight is 272 g/mol. The van der Waals surface area contributed by atoms with E-state index in [-0.39, 0.29) is 0 Å². The van der Waals surface area contributed by atoms with E-state index in [4.69, 9.17) is 0 Å². The first-order valence-corrected chi connectivity index (χ1v) is 6.23. The fourth-order valence-electron chi connectivity index (χ4n) is 2.06. The molecule has 20 heavy (non-hydrogen) atoms. The number of carbonyl (C=O) groups excluding carboxylic acids is 1. The highest BCUT2D eigenvalue weighted by Gasteiger charge is 2.28. The Bertz CT molecular complexity index is 580. The summed E-state index contributed by atoms with van der Waals surface area (Å²) >= 11 is 0. The van der Waals surface area contributed by atoms with Crippen molar-refractivity contribution >= 4 is 5.97 Å². The second kappa shape index (κ2) is 6.32. The number of esters is 1. The lowest BCUT2D eigenvalue weighted by Gasteiger charge is -2.19. The number of hydrogen-bond acceptors (Lipinski definition) is 4. The van der Waals surface area contributed by atoms with Crippen LogP contribution in [0.4, 0.5) is 0 Å². The molecule has 0 saturated heterocycles. The van der Waals surface area contributed by atoms with E-state index in [1.54, 1.807) is 12.1 Å². The number of aliphatic hydroxyl groups excluding tert-OH is 2. The molecule has 104 valence electrons. The van der Waals surface area contributed by atoms with Gasteiger partial charge in [-0.3, -0.25) is 0 Å². The highest BCUT2D eigenvalue weighted by molar-refractivity contribution is 5.76. The predicted octanol–water partition coefficient (Wildman–Crippen LogP) is 1.92. The van der Waals surface area contributed by atoms with Gasteiger partial charge < -0.3 is 14.9 Å². The van der Waals surface area contributed by atoms with Gasteiger partial charge in [0, 0.05) is 0 Å². The third-order valence-electron chi connectivity index (χ3n) is 3.11. The molecule has 0 fully saturated rings. The summed E-state index contributed by atoms with van der Waals surface area (Å²) in [6, 6.07) is 16.6. The summed E-state index contributed by atoms with van der Waals surface area (Å²) in [5.41, 5.74) is 2.15. The predicted molar refractivity (Wildman–Crippen MR) is 74.9 cm³/mol. The number of methoxy groups -OCH3 is 1. The van der Waals surface area contributed by atoms with Gasteiger partial charge in [0.25, 0.3) is 0 Å². The lowest BCUT2D eigenvalue weighted by Crippen LogP contribution is -2.29. The molecule has 2 aromatic rings. The second-order valence-corrected chi connectivity index (χ2v) is 4.37. The molecule has 0 heterocycles. The molecule has 2 atom stereocenters. The molecule has 2 unspecified atom stereocenters. The van der Waals surface area contributed by atoms with Crippen LogP contribution in [0, 0.1) is 0 Å². The Kier molecular flexibility index (Phi) is 4.50. The Labute approximate surface area is 117 Å². The highest BCUT2D eigenvalue weighted by atomic mass is 16.5. The van der Waals surface area contributed by atoms with Crippen LogP contribution in [0.5, 0.6) is 0 Å². The molecule has 0 aliphatic rings. The molecule has 0 bridgehead atoms. The topological polar surface area (TPSA) is 66.8 Å². The van der Waals surface area contributed by atoms with Crippen molar-refractivity contribution in [1.82, 2.24) is 0 Å². The van der Waals surface area contributed by atoms with Crippen LogP contribution in [0.2, 0.25) is 0 Å². The molecule has 2 aromatic carbocycles. The molecule has 2 rings (SSSR count). The first-order chi connectivity index (χ1) is 9.65. The third kappa shape index (κ3) is 2.87. The monoisotopic (exact) mass is 272 g/mol. The zero-order chi connectivity index (χ0) is 14.5. The number of aliphatic hydroxyl groups is 2. The Morgan fingerprint density at radius 2 is 1.60 bits per heavy atom. The van der Waals surface area contributed by atoms with Gasteiger partial charge in [0.2, 0.25) is 0 Å². The minimum Gasteiger partial charge on any atom is -0.467 e. The van der Waals surface area contributed by atoms with E-state index in [2.05, 4.69) is 4.74 Å². The van der Waals surface area contributed by atoms with Gasteiger partial charge >= 0.3 is 5.97 Å². The summed E-state index contributed by atoms with van der Waals surface area (Å²) in [6.07, 6.45) is -2.94. The maximum atomic E-state index is 11.3. The van der Waals surface area contributed by atoms with Crippen LogP contribution in [0.3, 0.4) is 0 Å². The number of hydrogen-bond donors (Lipinski definition) is 2. The Hall–Kier alpha value is -2.17. The maximum Gasteiger partial charge on any atom is 0.337 e. The normalized spacial score (nSPS) is 13.6. The zero-order valence-electron chi connectivity index (χ0n) is 11.1. The van der Waals surface area contributed by atoms with E-state index >= 15 is 0 Å². The first-order valence-electron chi connectivity index (χ1n) is 6.23. The van der Waals surface area contributed by atoms with Crippen molar-refractivity contribution in [2.75, 3.05) is 7.11 Å². The number of benzene rings is 2. The van der Waals surface area contributed by atoms with E-state index in [0.717, 1.165) is 11.1 Å². The molecule has 0 saturated carbocycles. The van der Waals surface area contributed by atoms with Crippen molar-refractivity contribution in [3.8, 4) is 11.1 Å². The SMILES string of the molecule is COC(=O)C(O)C(O)c1ccccc1-c1ccccc1. The van der Waals surface area contributed by atoms with Crippen LogP contribution in [0.15, 0.2) is 54.6 Å². The Morgan fingerprint density at radius 3 is 2.25 bits per heavy atom. The molecule has 4 heteroatoms. The van der Waals surface area contributed by atoms with Crippen LogP contribution >= 0.6 is 0 Å².